The lowest BCUT2D eigenvalue weighted by molar-refractivity contribution is 0.453. The van der Waals surface area contributed by atoms with Crippen LogP contribution in [-0.2, 0) is 16.0 Å². The summed E-state index contributed by atoms with van der Waals surface area (Å²) in [6.07, 6.45) is 0. The van der Waals surface area contributed by atoms with Crippen LogP contribution in [0.4, 0.5) is 0 Å². The Kier molecular flexibility index (Phi) is 2.69. The van der Waals surface area contributed by atoms with Crippen LogP contribution in [0, 0.1) is 0 Å². The second-order valence-electron chi connectivity index (χ2n) is 2.28. The van der Waals surface area contributed by atoms with Gasteiger partial charge in [-0.15, -0.1) is 0 Å². The zero-order chi connectivity index (χ0) is 10.9. The summed E-state index contributed by atoms with van der Waals surface area (Å²) in [6.45, 7) is 0. The van der Waals surface area contributed by atoms with Crippen molar-refractivity contribution in [1.82, 2.24) is 14.8 Å². The Labute approximate surface area is 82.7 Å². The molecule has 0 spiro atoms. The summed E-state index contributed by atoms with van der Waals surface area (Å²) >= 11 is 4.47. The van der Waals surface area contributed by atoms with Crippen LogP contribution >= 0.6 is 12.6 Å². The molecular weight excluding hydrogens is 234 g/mol. The van der Waals surface area contributed by atoms with E-state index < -0.39 is 32.3 Å². The summed E-state index contributed by atoms with van der Waals surface area (Å²) in [6, 6.07) is 0. The Hall–Kier alpha value is -1.26. The zero-order valence-electron chi connectivity index (χ0n) is 6.50. The number of nitrogens with zero attached hydrogens (tertiary/aromatic N) is 2. The highest BCUT2D eigenvalue weighted by Crippen LogP contribution is 1.97. The predicted molar refractivity (Wildman–Crippen MR) is 46.5 cm³/mol. The molecule has 2 N–H and O–H groups in total. The van der Waals surface area contributed by atoms with Gasteiger partial charge in [0.25, 0.3) is 10.1 Å². The van der Waals surface area contributed by atoms with Crippen molar-refractivity contribution in [3.05, 3.63) is 20.7 Å². The Bertz CT molecular complexity index is 555. The maximum absolute atomic E-state index is 10.7. The molecule has 10 heteroatoms. The third kappa shape index (κ3) is 2.61. The molecule has 0 aromatic carbocycles. The molecule has 1 radical (unpaired) electrons. The van der Waals surface area contributed by atoms with E-state index in [4.69, 9.17) is 4.55 Å². The first kappa shape index (κ1) is 10.8. The Balaban J connectivity index is 3.31. The van der Waals surface area contributed by atoms with E-state index in [1.807, 2.05) is 5.10 Å². The molecule has 1 heterocycles. The van der Waals surface area contributed by atoms with Crippen LogP contribution in [0.25, 0.3) is 0 Å². The van der Waals surface area contributed by atoms with Gasteiger partial charge in [0.15, 0.2) is 5.88 Å². The first-order valence-electron chi connectivity index (χ1n) is 3.13. The summed E-state index contributed by atoms with van der Waals surface area (Å²) < 4.78 is 29.8. The lowest BCUT2D eigenvalue weighted by Crippen LogP contribution is -2.35. The molecular formula is C4H4N3O5S2. The highest BCUT2D eigenvalue weighted by Gasteiger charge is 2.10. The number of rotatable bonds is 2. The van der Waals surface area contributed by atoms with Crippen molar-refractivity contribution in [3.8, 4) is 0 Å². The standard InChI is InChI=1S/C4H4N3O5S2/c8-2-3(9)6-7(4(13)5-2)1-14(10,11)12/h1H2,(H,6,9)(H,10,11,12). The molecule has 0 saturated carbocycles. The van der Waals surface area contributed by atoms with Crippen LogP contribution in [0.1, 0.15) is 0 Å². The molecule has 0 aliphatic carbocycles. The number of hydrogen-bond donors (Lipinski definition) is 2. The number of aromatic amines is 1. The maximum Gasteiger partial charge on any atom is 0.339 e. The van der Waals surface area contributed by atoms with E-state index in [0.717, 1.165) is 0 Å². The molecule has 1 aromatic heterocycles. The molecule has 0 unspecified atom stereocenters. The summed E-state index contributed by atoms with van der Waals surface area (Å²) in [5.74, 6) is -0.950. The SMILES string of the molecule is O=c1nc([S])n(CS(=O)(=O)O)[nH]c1=O. The van der Waals surface area contributed by atoms with Crippen molar-refractivity contribution in [3.63, 3.8) is 0 Å². The molecule has 77 valence electrons. The summed E-state index contributed by atoms with van der Waals surface area (Å²) in [5, 5.41) is 1.42. The first-order valence-corrected chi connectivity index (χ1v) is 5.15. The van der Waals surface area contributed by atoms with E-state index in [2.05, 4.69) is 17.6 Å². The molecule has 0 atom stereocenters. The van der Waals surface area contributed by atoms with Gasteiger partial charge < -0.3 is 0 Å². The average molecular weight is 238 g/mol. The molecule has 0 fully saturated rings. The van der Waals surface area contributed by atoms with E-state index in [0.29, 0.717) is 4.68 Å². The van der Waals surface area contributed by atoms with Crippen LogP contribution in [0.2, 0.25) is 0 Å². The largest absolute Gasteiger partial charge is 0.339 e. The van der Waals surface area contributed by atoms with Crippen molar-refractivity contribution < 1.29 is 13.0 Å². The number of hydrogen-bond acceptors (Lipinski definition) is 5. The predicted octanol–water partition coefficient (Wildman–Crippen LogP) is -1.67. The second-order valence-corrected chi connectivity index (χ2v) is 4.07. The van der Waals surface area contributed by atoms with E-state index in [1.165, 1.54) is 0 Å². The van der Waals surface area contributed by atoms with Crippen LogP contribution < -0.4 is 11.1 Å². The minimum atomic E-state index is -4.35. The molecule has 0 bridgehead atoms. The van der Waals surface area contributed by atoms with Gasteiger partial charge in [0.2, 0.25) is 5.16 Å². The highest BCUT2D eigenvalue weighted by molar-refractivity contribution is 7.84. The monoisotopic (exact) mass is 238 g/mol. The highest BCUT2D eigenvalue weighted by atomic mass is 32.2. The first-order chi connectivity index (χ1) is 6.29. The van der Waals surface area contributed by atoms with E-state index >= 15 is 0 Å². The molecule has 0 aliphatic heterocycles. The molecule has 14 heavy (non-hydrogen) atoms. The topological polar surface area (TPSA) is 122 Å². The fraction of sp³-hybridized carbons (Fsp3) is 0.250. The normalized spacial score (nSPS) is 11.5. The van der Waals surface area contributed by atoms with Gasteiger partial charge in [0.05, 0.1) is 0 Å². The zero-order valence-corrected chi connectivity index (χ0v) is 8.13. The van der Waals surface area contributed by atoms with Gasteiger partial charge in [-0.2, -0.15) is 13.4 Å². The molecule has 1 aromatic rings. The molecule has 0 aliphatic rings. The van der Waals surface area contributed by atoms with Crippen LogP contribution in [0.5, 0.6) is 0 Å². The van der Waals surface area contributed by atoms with Gasteiger partial charge in [0.1, 0.15) is 0 Å². The van der Waals surface area contributed by atoms with Crippen molar-refractivity contribution >= 4 is 22.7 Å². The Morgan fingerprint density at radius 2 is 2.07 bits per heavy atom. The maximum atomic E-state index is 10.7. The van der Waals surface area contributed by atoms with Gasteiger partial charge in [-0.3, -0.25) is 19.2 Å². The molecule has 0 amide bonds. The van der Waals surface area contributed by atoms with Crippen molar-refractivity contribution in [2.75, 3.05) is 0 Å². The number of H-pyrrole nitrogens is 1. The van der Waals surface area contributed by atoms with Gasteiger partial charge in [0, 0.05) is 0 Å². The molecule has 1 rings (SSSR count). The van der Waals surface area contributed by atoms with Crippen molar-refractivity contribution in [1.29, 1.82) is 0 Å². The molecule has 0 saturated heterocycles. The Morgan fingerprint density at radius 3 is 2.57 bits per heavy atom. The number of aromatic nitrogens is 3. The smallest absolute Gasteiger partial charge is 0.284 e. The second kappa shape index (κ2) is 3.48. The third-order valence-corrected chi connectivity index (χ3v) is 2.05. The summed E-state index contributed by atoms with van der Waals surface area (Å²) in [7, 11) is -4.35. The average Bonchev–Trinajstić information content (AvgIpc) is 1.97. The fourth-order valence-electron chi connectivity index (χ4n) is 0.667. The lowest BCUT2D eigenvalue weighted by atomic mass is 10.8. The lowest BCUT2D eigenvalue weighted by Gasteiger charge is -2.03. The van der Waals surface area contributed by atoms with Crippen LogP contribution in [0.15, 0.2) is 14.7 Å². The van der Waals surface area contributed by atoms with Gasteiger partial charge >= 0.3 is 11.1 Å². The van der Waals surface area contributed by atoms with Gasteiger partial charge in [-0.25, -0.2) is 4.68 Å². The van der Waals surface area contributed by atoms with Gasteiger partial charge in [-0.05, 0) is 12.6 Å². The minimum Gasteiger partial charge on any atom is -0.284 e. The third-order valence-electron chi connectivity index (χ3n) is 1.15. The minimum absolute atomic E-state index is 0.424. The van der Waals surface area contributed by atoms with Crippen molar-refractivity contribution in [2.45, 2.75) is 11.0 Å². The quantitative estimate of drug-likeness (QED) is 0.469. The summed E-state index contributed by atoms with van der Waals surface area (Å²) in [5.41, 5.74) is -2.22. The number of nitrogens with one attached hydrogen (secondary N) is 1. The van der Waals surface area contributed by atoms with E-state index in [9.17, 15) is 18.0 Å². The van der Waals surface area contributed by atoms with Crippen LogP contribution in [-0.4, -0.2) is 27.7 Å². The Morgan fingerprint density at radius 1 is 1.50 bits per heavy atom. The van der Waals surface area contributed by atoms with Crippen molar-refractivity contribution in [2.24, 2.45) is 0 Å². The molecule has 8 nitrogen and oxygen atoms in total. The fourth-order valence-corrected chi connectivity index (χ4v) is 1.45. The van der Waals surface area contributed by atoms with Crippen LogP contribution in [0.3, 0.4) is 0 Å². The van der Waals surface area contributed by atoms with Gasteiger partial charge in [-0.1, -0.05) is 0 Å². The van der Waals surface area contributed by atoms with E-state index in [-0.39, 0.29) is 0 Å². The summed E-state index contributed by atoms with van der Waals surface area (Å²) in [4.78, 5) is 24.4. The van der Waals surface area contributed by atoms with E-state index in [1.54, 1.807) is 0 Å².